The Labute approximate surface area is 373 Å². The third kappa shape index (κ3) is 21.0. The average molecular weight is 915 g/mol. The summed E-state index contributed by atoms with van der Waals surface area (Å²) in [5.74, 6) is -4.70. The maximum atomic E-state index is 12.9. The van der Waals surface area contributed by atoms with E-state index in [-0.39, 0.29) is 111 Å². The Kier molecular flexibility index (Phi) is 24.6. The van der Waals surface area contributed by atoms with Crippen molar-refractivity contribution >= 4 is 71.3 Å². The van der Waals surface area contributed by atoms with Gasteiger partial charge in [0.15, 0.2) is 0 Å². The molecule has 1 aromatic carbocycles. The standard InChI is InChI=1S/C43H50N2O16S2/c1-27(2)41(52)58-23-21-56-32(46)13-9-7-11-19-54-34(48)15-17-36(50)60-31-25-29(5)38(40-39(31)62-43(63-40)30(26-44)45-6)61-37(51)18-16-35(49)55-20-12-8-10-14-33(47)57-22-24-59-42(53)28(3)4/h25H,1,3,7-24H2,2,4-5H3/b43-30+. The highest BCUT2D eigenvalue weighted by Gasteiger charge is 2.32. The molecule has 0 bridgehead atoms. The van der Waals surface area contributed by atoms with E-state index in [4.69, 9.17) is 44.5 Å². The Morgan fingerprint density at radius 1 is 0.587 bits per heavy atom. The van der Waals surface area contributed by atoms with Crippen LogP contribution in [0.5, 0.6) is 11.5 Å². The second-order valence-electron chi connectivity index (χ2n) is 13.5. The number of hydrogen-bond acceptors (Lipinski definition) is 19. The first-order chi connectivity index (χ1) is 30.1. The Hall–Kier alpha value is -6.12. The average Bonchev–Trinajstić information content (AvgIpc) is 3.69. The van der Waals surface area contributed by atoms with Crippen LogP contribution in [0.15, 0.2) is 50.1 Å². The molecule has 1 heterocycles. The predicted molar refractivity (Wildman–Crippen MR) is 224 cm³/mol. The van der Waals surface area contributed by atoms with Crippen LogP contribution < -0.4 is 9.47 Å². The fourth-order valence-corrected chi connectivity index (χ4v) is 7.40. The molecule has 0 unspecified atom stereocenters. The fraction of sp³-hybridized carbons (Fsp3) is 0.488. The van der Waals surface area contributed by atoms with E-state index in [9.17, 15) is 43.6 Å². The molecule has 1 aromatic rings. The Morgan fingerprint density at radius 2 is 1.00 bits per heavy atom. The van der Waals surface area contributed by atoms with Gasteiger partial charge in [-0.3, -0.25) is 28.8 Å². The molecular weight excluding hydrogens is 865 g/mol. The number of carbonyl (C=O) groups excluding carboxylic acids is 8. The zero-order valence-electron chi connectivity index (χ0n) is 35.5. The Bertz CT molecular complexity index is 2000. The number of esters is 8. The number of aryl methyl sites for hydroxylation is 1. The first-order valence-corrected chi connectivity index (χ1v) is 21.4. The van der Waals surface area contributed by atoms with Gasteiger partial charge < -0.3 is 37.9 Å². The van der Waals surface area contributed by atoms with Crippen LogP contribution in [-0.4, -0.2) is 87.4 Å². The summed E-state index contributed by atoms with van der Waals surface area (Å²) in [6, 6.07) is 3.26. The molecule has 0 spiro atoms. The summed E-state index contributed by atoms with van der Waals surface area (Å²) >= 11 is 1.97. The number of nitrogens with zero attached hydrogens (tertiary/aromatic N) is 2. The first-order valence-electron chi connectivity index (χ1n) is 19.8. The molecule has 20 heteroatoms. The van der Waals surface area contributed by atoms with Crippen molar-refractivity contribution < 1.29 is 76.3 Å². The molecule has 340 valence electrons. The second kappa shape index (κ2) is 29.2. The quantitative estimate of drug-likeness (QED) is 0.0161. The minimum absolute atomic E-state index is 0.0592. The zero-order chi connectivity index (χ0) is 46.7. The molecule has 0 saturated heterocycles. The third-order valence-electron chi connectivity index (χ3n) is 8.08. The number of hydrogen-bond donors (Lipinski definition) is 0. The lowest BCUT2D eigenvalue weighted by Gasteiger charge is -2.15. The van der Waals surface area contributed by atoms with Crippen LogP contribution in [0.3, 0.4) is 0 Å². The Balaban J connectivity index is 1.79. The molecular formula is C43H50N2O16S2. The summed E-state index contributed by atoms with van der Waals surface area (Å²) in [5, 5.41) is 9.50. The minimum Gasteiger partial charge on any atom is -0.466 e. The number of allylic oxidation sites excluding steroid dienone is 1. The summed E-state index contributed by atoms with van der Waals surface area (Å²) in [6.45, 7) is 18.7. The van der Waals surface area contributed by atoms with Crippen molar-refractivity contribution in [2.24, 2.45) is 0 Å². The van der Waals surface area contributed by atoms with E-state index in [1.54, 1.807) is 6.92 Å². The SMILES string of the molecule is [C-]#[N+]/C(C#N)=C1\Sc2c(OC(=O)CCC(=O)OCCCCCC(=O)OCCOC(=O)C(=C)C)cc(C)c(OC(=O)CCC(=O)OCCCCCC(=O)OCCOC(=O)C(=C)C)c2S1. The summed E-state index contributed by atoms with van der Waals surface area (Å²) in [6.07, 6.45) is 2.09. The van der Waals surface area contributed by atoms with Gasteiger partial charge in [0.2, 0.25) is 0 Å². The van der Waals surface area contributed by atoms with Crippen molar-refractivity contribution in [2.75, 3.05) is 39.6 Å². The van der Waals surface area contributed by atoms with Gasteiger partial charge in [0.25, 0.3) is 5.70 Å². The van der Waals surface area contributed by atoms with Crippen LogP contribution in [0.25, 0.3) is 4.85 Å². The van der Waals surface area contributed by atoms with Gasteiger partial charge in [0.05, 0.1) is 65.6 Å². The van der Waals surface area contributed by atoms with E-state index in [0.29, 0.717) is 53.9 Å². The van der Waals surface area contributed by atoms with Crippen LogP contribution in [0.4, 0.5) is 0 Å². The molecule has 0 radical (unpaired) electrons. The third-order valence-corrected chi connectivity index (χ3v) is 10.7. The van der Waals surface area contributed by atoms with Gasteiger partial charge in [0.1, 0.15) is 37.9 Å². The van der Waals surface area contributed by atoms with Gasteiger partial charge in [-0.25, -0.2) is 19.7 Å². The molecule has 18 nitrogen and oxygen atoms in total. The van der Waals surface area contributed by atoms with Gasteiger partial charge in [-0.15, -0.1) is 0 Å². The molecule has 2 rings (SSSR count). The number of fused-ring (bicyclic) bond motifs is 1. The van der Waals surface area contributed by atoms with Crippen molar-refractivity contribution in [2.45, 2.75) is 108 Å². The Morgan fingerprint density at radius 3 is 1.46 bits per heavy atom. The molecule has 0 atom stereocenters. The molecule has 1 aliphatic rings. The van der Waals surface area contributed by atoms with E-state index in [1.165, 1.54) is 19.9 Å². The normalized spacial score (nSPS) is 12.0. The monoisotopic (exact) mass is 914 g/mol. The van der Waals surface area contributed by atoms with Crippen LogP contribution in [-0.2, 0) is 66.8 Å². The van der Waals surface area contributed by atoms with Crippen molar-refractivity contribution in [1.82, 2.24) is 0 Å². The van der Waals surface area contributed by atoms with E-state index in [2.05, 4.69) is 18.0 Å². The zero-order valence-corrected chi connectivity index (χ0v) is 37.1. The van der Waals surface area contributed by atoms with Crippen molar-refractivity contribution in [3.8, 4) is 17.6 Å². The van der Waals surface area contributed by atoms with E-state index >= 15 is 0 Å². The maximum Gasteiger partial charge on any atom is 0.333 e. The summed E-state index contributed by atoms with van der Waals surface area (Å²) < 4.78 is 41.5. The number of benzene rings is 1. The molecule has 0 saturated carbocycles. The molecule has 0 fully saturated rings. The van der Waals surface area contributed by atoms with Crippen LogP contribution in [0.1, 0.15) is 96.5 Å². The van der Waals surface area contributed by atoms with Crippen LogP contribution in [0.2, 0.25) is 0 Å². The summed E-state index contributed by atoms with van der Waals surface area (Å²) in [4.78, 5) is 100. The van der Waals surface area contributed by atoms with E-state index in [0.717, 1.165) is 23.5 Å². The lowest BCUT2D eigenvalue weighted by atomic mass is 10.2. The van der Waals surface area contributed by atoms with Gasteiger partial charge in [-0.1, -0.05) is 36.7 Å². The molecule has 0 amide bonds. The van der Waals surface area contributed by atoms with E-state index in [1.807, 2.05) is 6.07 Å². The van der Waals surface area contributed by atoms with Crippen LogP contribution >= 0.6 is 23.5 Å². The number of rotatable bonds is 28. The van der Waals surface area contributed by atoms with Gasteiger partial charge >= 0.3 is 47.8 Å². The highest BCUT2D eigenvalue weighted by molar-refractivity contribution is 8.24. The maximum absolute atomic E-state index is 12.9. The van der Waals surface area contributed by atoms with Gasteiger partial charge in [-0.2, -0.15) is 0 Å². The number of carbonyl (C=O) groups is 8. The minimum atomic E-state index is -0.767. The number of unbranched alkanes of at least 4 members (excludes halogenated alkanes) is 4. The highest BCUT2D eigenvalue weighted by atomic mass is 32.2. The molecule has 63 heavy (non-hydrogen) atoms. The molecule has 0 aromatic heterocycles. The predicted octanol–water partition coefficient (Wildman–Crippen LogP) is 6.71. The van der Waals surface area contributed by atoms with Crippen molar-refractivity contribution in [3.63, 3.8) is 0 Å². The largest absolute Gasteiger partial charge is 0.466 e. The van der Waals surface area contributed by atoms with Crippen LogP contribution in [0, 0.1) is 24.8 Å². The second-order valence-corrected chi connectivity index (χ2v) is 15.8. The summed E-state index contributed by atoms with van der Waals surface area (Å²) in [5.41, 5.74) is 0.627. The molecule has 1 aliphatic heterocycles. The number of ether oxygens (including phenoxy) is 8. The fourth-order valence-electron chi connectivity index (χ4n) is 4.86. The molecule has 0 N–H and O–H groups in total. The van der Waals surface area contributed by atoms with Gasteiger partial charge in [0, 0.05) is 24.0 Å². The number of nitriles is 1. The molecule has 0 aliphatic carbocycles. The van der Waals surface area contributed by atoms with E-state index < -0.39 is 47.8 Å². The topological polar surface area (TPSA) is 239 Å². The summed E-state index contributed by atoms with van der Waals surface area (Å²) in [7, 11) is 0. The number of thioether (sulfide) groups is 2. The first kappa shape index (κ1) is 53.0. The lowest BCUT2D eigenvalue weighted by molar-refractivity contribution is -0.150. The highest BCUT2D eigenvalue weighted by Crippen LogP contribution is 2.60. The van der Waals surface area contributed by atoms with Crippen molar-refractivity contribution in [1.29, 1.82) is 5.26 Å². The van der Waals surface area contributed by atoms with Crippen molar-refractivity contribution in [3.05, 3.63) is 57.3 Å². The van der Waals surface area contributed by atoms with Gasteiger partial charge in [-0.05, 0) is 70.9 Å². The lowest BCUT2D eigenvalue weighted by Crippen LogP contribution is -2.15. The smallest absolute Gasteiger partial charge is 0.333 e.